The fraction of sp³-hybridized carbons (Fsp3) is 0.174. The first-order chi connectivity index (χ1) is 15.4. The maximum atomic E-state index is 13.4. The van der Waals surface area contributed by atoms with Crippen LogP contribution in [0.4, 0.5) is 5.69 Å². The van der Waals surface area contributed by atoms with Crippen molar-refractivity contribution < 1.29 is 14.3 Å². The molecular formula is C23H20ClN3O4S. The van der Waals surface area contributed by atoms with Crippen LogP contribution < -0.4 is 20.3 Å². The summed E-state index contributed by atoms with van der Waals surface area (Å²) < 4.78 is 11.9. The van der Waals surface area contributed by atoms with Gasteiger partial charge in [-0.05, 0) is 36.8 Å². The van der Waals surface area contributed by atoms with Gasteiger partial charge in [-0.1, -0.05) is 23.7 Å². The molecule has 0 bridgehead atoms. The zero-order valence-electron chi connectivity index (χ0n) is 17.6. The van der Waals surface area contributed by atoms with E-state index in [2.05, 4.69) is 10.3 Å². The first kappa shape index (κ1) is 21.9. The molecule has 0 saturated heterocycles. The van der Waals surface area contributed by atoms with Crippen LogP contribution in [0.5, 0.6) is 11.5 Å². The smallest absolute Gasteiger partial charge is 0.263 e. The van der Waals surface area contributed by atoms with Crippen LogP contribution in [0.1, 0.15) is 13.0 Å². The highest BCUT2D eigenvalue weighted by Crippen LogP contribution is 2.32. The topological polar surface area (TPSA) is 82.4 Å². The SMILES string of the molecule is COc1ccc(OC)c(NC(=O)C(C)n2cnc3scc(-c4ccc(Cl)cc4)c3c2=O)c1. The Morgan fingerprint density at radius 1 is 1.16 bits per heavy atom. The normalized spacial score (nSPS) is 11.9. The Morgan fingerprint density at radius 2 is 1.91 bits per heavy atom. The molecule has 0 radical (unpaired) electrons. The third kappa shape index (κ3) is 4.06. The van der Waals surface area contributed by atoms with Crippen LogP contribution in [0.15, 0.2) is 59.0 Å². The molecule has 0 aliphatic heterocycles. The summed E-state index contributed by atoms with van der Waals surface area (Å²) in [6, 6.07) is 11.5. The lowest BCUT2D eigenvalue weighted by molar-refractivity contribution is -0.118. The number of nitrogens with one attached hydrogen (secondary N) is 1. The Balaban J connectivity index is 1.70. The first-order valence-corrected chi connectivity index (χ1v) is 11.0. The highest BCUT2D eigenvalue weighted by Gasteiger charge is 2.21. The number of anilines is 1. The second-order valence-corrected chi connectivity index (χ2v) is 8.32. The first-order valence-electron chi connectivity index (χ1n) is 9.70. The van der Waals surface area contributed by atoms with Gasteiger partial charge < -0.3 is 14.8 Å². The summed E-state index contributed by atoms with van der Waals surface area (Å²) >= 11 is 7.37. The van der Waals surface area contributed by atoms with Crippen LogP contribution in [0.2, 0.25) is 5.02 Å². The van der Waals surface area contributed by atoms with Gasteiger partial charge in [-0.2, -0.15) is 0 Å². The highest BCUT2D eigenvalue weighted by molar-refractivity contribution is 7.17. The Bertz CT molecular complexity index is 1350. The maximum absolute atomic E-state index is 13.4. The molecule has 2 aromatic heterocycles. The third-order valence-electron chi connectivity index (χ3n) is 5.14. The molecule has 0 aliphatic rings. The minimum atomic E-state index is -0.812. The Hall–Kier alpha value is -3.36. The van der Waals surface area contributed by atoms with Gasteiger partial charge in [0.05, 0.1) is 31.6 Å². The maximum Gasteiger partial charge on any atom is 0.263 e. The molecule has 0 spiro atoms. The molecule has 4 rings (SSSR count). The summed E-state index contributed by atoms with van der Waals surface area (Å²) in [6.07, 6.45) is 1.40. The fourth-order valence-corrected chi connectivity index (χ4v) is 4.37. The molecule has 1 unspecified atom stereocenters. The van der Waals surface area contributed by atoms with Gasteiger partial charge in [0.15, 0.2) is 0 Å². The van der Waals surface area contributed by atoms with Gasteiger partial charge >= 0.3 is 0 Å². The van der Waals surface area contributed by atoms with E-state index in [1.54, 1.807) is 37.3 Å². The number of carbonyl (C=O) groups is 1. The van der Waals surface area contributed by atoms with Gasteiger partial charge in [-0.3, -0.25) is 14.2 Å². The molecule has 1 amide bonds. The molecular weight excluding hydrogens is 450 g/mol. The van der Waals surface area contributed by atoms with Crippen molar-refractivity contribution in [3.63, 3.8) is 0 Å². The standard InChI is InChI=1S/C23H20ClN3O4S/c1-13(21(28)26-18-10-16(30-2)8-9-19(18)31-3)27-12-25-22-20(23(27)29)17(11-32-22)14-4-6-15(24)7-5-14/h4-13H,1-3H3,(H,26,28). The quantitative estimate of drug-likeness (QED) is 0.430. The van der Waals surface area contributed by atoms with E-state index in [4.69, 9.17) is 21.1 Å². The highest BCUT2D eigenvalue weighted by atomic mass is 35.5. The summed E-state index contributed by atoms with van der Waals surface area (Å²) in [5.41, 5.74) is 1.77. The second-order valence-electron chi connectivity index (χ2n) is 7.02. The van der Waals surface area contributed by atoms with E-state index in [1.165, 1.54) is 36.5 Å². The van der Waals surface area contributed by atoms with Crippen LogP contribution in [0, 0.1) is 0 Å². The Labute approximate surface area is 193 Å². The minimum absolute atomic E-state index is 0.290. The van der Waals surface area contributed by atoms with Crippen molar-refractivity contribution in [2.24, 2.45) is 0 Å². The number of methoxy groups -OCH3 is 2. The molecule has 2 heterocycles. The van der Waals surface area contributed by atoms with Gasteiger partial charge in [-0.15, -0.1) is 11.3 Å². The number of ether oxygens (including phenoxy) is 2. The lowest BCUT2D eigenvalue weighted by Crippen LogP contribution is -2.31. The van der Waals surface area contributed by atoms with Crippen molar-refractivity contribution in [2.75, 3.05) is 19.5 Å². The predicted octanol–water partition coefficient (Wildman–Crippen LogP) is 5.00. The second kappa shape index (κ2) is 9.02. The van der Waals surface area contributed by atoms with Crippen molar-refractivity contribution in [3.8, 4) is 22.6 Å². The van der Waals surface area contributed by atoms with Crippen molar-refractivity contribution >= 4 is 44.7 Å². The van der Waals surface area contributed by atoms with Crippen LogP contribution in [-0.4, -0.2) is 29.7 Å². The molecule has 9 heteroatoms. The van der Waals surface area contributed by atoms with Crippen LogP contribution in [-0.2, 0) is 4.79 Å². The number of nitrogens with zero attached hydrogens (tertiary/aromatic N) is 2. The van der Waals surface area contributed by atoms with Crippen LogP contribution in [0.3, 0.4) is 0 Å². The molecule has 0 saturated carbocycles. The Kier molecular flexibility index (Phi) is 6.16. The number of halogens is 1. The van der Waals surface area contributed by atoms with Gasteiger partial charge in [-0.25, -0.2) is 4.98 Å². The van der Waals surface area contributed by atoms with E-state index in [1.807, 2.05) is 17.5 Å². The van der Waals surface area contributed by atoms with E-state index < -0.39 is 6.04 Å². The van der Waals surface area contributed by atoms with Gasteiger partial charge in [0.2, 0.25) is 5.91 Å². The molecule has 2 aromatic carbocycles. The summed E-state index contributed by atoms with van der Waals surface area (Å²) in [5, 5.41) is 5.78. The van der Waals surface area contributed by atoms with Gasteiger partial charge in [0.25, 0.3) is 5.56 Å². The summed E-state index contributed by atoms with van der Waals surface area (Å²) in [4.78, 5) is 31.4. The number of benzene rings is 2. The van der Waals surface area contributed by atoms with Crippen molar-refractivity contribution in [3.05, 3.63) is 69.5 Å². The summed E-state index contributed by atoms with van der Waals surface area (Å²) in [5.74, 6) is 0.665. The predicted molar refractivity (Wildman–Crippen MR) is 127 cm³/mol. The van der Waals surface area contributed by atoms with E-state index >= 15 is 0 Å². The van der Waals surface area contributed by atoms with Crippen molar-refractivity contribution in [1.29, 1.82) is 0 Å². The molecule has 0 aliphatic carbocycles. The monoisotopic (exact) mass is 469 g/mol. The van der Waals surface area contributed by atoms with E-state index in [0.29, 0.717) is 32.4 Å². The fourth-order valence-electron chi connectivity index (χ4n) is 3.34. The number of hydrogen-bond donors (Lipinski definition) is 1. The van der Waals surface area contributed by atoms with E-state index in [9.17, 15) is 9.59 Å². The molecule has 4 aromatic rings. The number of aromatic nitrogens is 2. The molecule has 164 valence electrons. The molecule has 1 N–H and O–H groups in total. The Morgan fingerprint density at radius 3 is 2.59 bits per heavy atom. The lowest BCUT2D eigenvalue weighted by Gasteiger charge is -2.17. The van der Waals surface area contributed by atoms with E-state index in [-0.39, 0.29) is 11.5 Å². The summed E-state index contributed by atoms with van der Waals surface area (Å²) in [6.45, 7) is 1.64. The number of rotatable bonds is 6. The zero-order chi connectivity index (χ0) is 22.8. The molecule has 32 heavy (non-hydrogen) atoms. The number of amides is 1. The van der Waals surface area contributed by atoms with E-state index in [0.717, 1.165) is 11.1 Å². The average molecular weight is 470 g/mol. The number of fused-ring (bicyclic) bond motifs is 1. The van der Waals surface area contributed by atoms with Gasteiger partial charge in [0.1, 0.15) is 22.4 Å². The average Bonchev–Trinajstić information content (AvgIpc) is 3.24. The number of thiophene rings is 1. The molecule has 0 fully saturated rings. The summed E-state index contributed by atoms with van der Waals surface area (Å²) in [7, 11) is 3.05. The minimum Gasteiger partial charge on any atom is -0.497 e. The van der Waals surface area contributed by atoms with Crippen molar-refractivity contribution in [2.45, 2.75) is 13.0 Å². The van der Waals surface area contributed by atoms with Crippen LogP contribution in [0.25, 0.3) is 21.3 Å². The number of carbonyl (C=O) groups excluding carboxylic acids is 1. The molecule has 7 nitrogen and oxygen atoms in total. The molecule has 1 atom stereocenters. The lowest BCUT2D eigenvalue weighted by atomic mass is 10.1. The van der Waals surface area contributed by atoms with Crippen LogP contribution >= 0.6 is 22.9 Å². The van der Waals surface area contributed by atoms with Gasteiger partial charge in [0, 0.05) is 22.0 Å². The zero-order valence-corrected chi connectivity index (χ0v) is 19.2. The third-order valence-corrected chi connectivity index (χ3v) is 6.27. The number of hydrogen-bond acceptors (Lipinski definition) is 6. The van der Waals surface area contributed by atoms with Crippen molar-refractivity contribution in [1.82, 2.24) is 9.55 Å². The largest absolute Gasteiger partial charge is 0.497 e.